The second-order valence-corrected chi connectivity index (χ2v) is 8.43. The molecule has 12 heteroatoms. The number of non-ortho nitro benzene ring substituents is 1. The van der Waals surface area contributed by atoms with Gasteiger partial charge < -0.3 is 19.4 Å². The van der Waals surface area contributed by atoms with Crippen molar-refractivity contribution in [2.75, 3.05) is 13.2 Å². The third-order valence-corrected chi connectivity index (χ3v) is 6.21. The Labute approximate surface area is 236 Å². The summed E-state index contributed by atoms with van der Waals surface area (Å²) in [6.45, 7) is 0.705. The number of ketones is 1. The first-order valence-corrected chi connectivity index (χ1v) is 11.5. The van der Waals surface area contributed by atoms with Crippen LogP contribution in [0.25, 0.3) is 16.6 Å². The number of hydrogen-bond acceptors (Lipinski definition) is 10. The molecule has 1 aliphatic rings. The molecular weight excluding hydrogens is 509 g/mol. The smallest absolute Gasteiger partial charge is 0.545 e. The van der Waals surface area contributed by atoms with Crippen LogP contribution in [0.3, 0.4) is 0 Å². The molecule has 37 heavy (non-hydrogen) atoms. The molecule has 1 aromatic heterocycles. The number of allylic oxidation sites excluding steroid dienone is 1. The number of nitrogens with zero attached hydrogens (tertiary/aromatic N) is 3. The van der Waals surface area contributed by atoms with Gasteiger partial charge >= 0.3 is 29.6 Å². The van der Waals surface area contributed by atoms with Crippen LogP contribution in [0.1, 0.15) is 21.5 Å². The number of ether oxygens (including phenoxy) is 2. The monoisotopic (exact) mass is 525 g/mol. The van der Waals surface area contributed by atoms with Gasteiger partial charge in [-0.2, -0.15) is 8.75 Å². The molecule has 0 saturated heterocycles. The number of carbonyl (C=O) groups is 2. The van der Waals surface area contributed by atoms with Gasteiger partial charge in [-0.25, -0.2) is 0 Å². The van der Waals surface area contributed by atoms with E-state index in [0.717, 1.165) is 11.7 Å². The Kier molecular flexibility index (Phi) is 7.98. The van der Waals surface area contributed by atoms with Crippen LogP contribution in [-0.4, -0.2) is 38.6 Å². The molecule has 0 fully saturated rings. The van der Waals surface area contributed by atoms with Crippen molar-refractivity contribution in [1.29, 1.82) is 0 Å². The number of carbonyl (C=O) groups excluding carboxylic acids is 2. The number of carboxylic acid groups (broad SMARTS) is 1. The number of hydrogen-bond donors (Lipinski definition) is 0. The zero-order valence-electron chi connectivity index (χ0n) is 19.5. The van der Waals surface area contributed by atoms with Gasteiger partial charge in [-0.15, -0.1) is 0 Å². The Morgan fingerprint density at radius 1 is 0.892 bits per heavy atom. The van der Waals surface area contributed by atoms with Crippen molar-refractivity contribution in [2.24, 2.45) is 0 Å². The topological polar surface area (TPSA) is 145 Å². The molecule has 0 spiro atoms. The van der Waals surface area contributed by atoms with E-state index in [1.54, 1.807) is 18.2 Å². The van der Waals surface area contributed by atoms with E-state index in [1.807, 2.05) is 0 Å². The van der Waals surface area contributed by atoms with Crippen molar-refractivity contribution in [3.8, 4) is 11.5 Å². The summed E-state index contributed by atoms with van der Waals surface area (Å²) in [7, 11) is 0. The van der Waals surface area contributed by atoms with E-state index < -0.39 is 16.7 Å². The molecule has 0 amide bonds. The Hall–Kier alpha value is -3.64. The summed E-state index contributed by atoms with van der Waals surface area (Å²) in [6, 6.07) is 14.9. The number of nitro benzene ring substituents is 1. The van der Waals surface area contributed by atoms with Gasteiger partial charge in [0.2, 0.25) is 0 Å². The van der Waals surface area contributed by atoms with Gasteiger partial charge in [0, 0.05) is 35.3 Å². The maximum absolute atomic E-state index is 13.8. The largest absolute Gasteiger partial charge is 1.00 e. The molecule has 2 heterocycles. The predicted octanol–water partition coefficient (Wildman–Crippen LogP) is 0.00380. The van der Waals surface area contributed by atoms with Crippen LogP contribution in [0.2, 0.25) is 0 Å². The molecule has 0 N–H and O–H groups in total. The van der Waals surface area contributed by atoms with Crippen molar-refractivity contribution in [3.05, 3.63) is 93.0 Å². The first kappa shape index (κ1) is 26.4. The molecule has 10 nitrogen and oxygen atoms in total. The molecule has 0 saturated carbocycles. The molecule has 180 valence electrons. The van der Waals surface area contributed by atoms with Gasteiger partial charge in [-0.1, -0.05) is 18.2 Å². The zero-order chi connectivity index (χ0) is 25.2. The average Bonchev–Trinajstić information content (AvgIpc) is 3.36. The second-order valence-electron chi connectivity index (χ2n) is 7.90. The van der Waals surface area contributed by atoms with Gasteiger partial charge in [-0.05, 0) is 41.5 Å². The van der Waals surface area contributed by atoms with E-state index in [4.69, 9.17) is 9.47 Å². The van der Waals surface area contributed by atoms with Crippen LogP contribution in [0.5, 0.6) is 11.5 Å². The second kappa shape index (κ2) is 11.2. The van der Waals surface area contributed by atoms with Crippen molar-refractivity contribution in [1.82, 2.24) is 8.75 Å². The van der Waals surface area contributed by atoms with Crippen molar-refractivity contribution in [3.63, 3.8) is 0 Å². The summed E-state index contributed by atoms with van der Waals surface area (Å²) in [4.78, 5) is 36.7. The van der Waals surface area contributed by atoms with Gasteiger partial charge in [0.1, 0.15) is 24.2 Å². The average molecular weight is 525 g/mol. The Balaban J connectivity index is 0.00000320. The minimum Gasteiger partial charge on any atom is -0.545 e. The minimum absolute atomic E-state index is 0. The summed E-state index contributed by atoms with van der Waals surface area (Å²) in [5.41, 5.74) is 1.55. The van der Waals surface area contributed by atoms with Gasteiger partial charge in [0.15, 0.2) is 17.3 Å². The maximum Gasteiger partial charge on any atom is 1.00 e. The molecule has 3 aromatic carbocycles. The summed E-state index contributed by atoms with van der Waals surface area (Å²) in [6.07, 6.45) is -0.109. The van der Waals surface area contributed by atoms with Crippen LogP contribution in [-0.2, 0) is 11.2 Å². The summed E-state index contributed by atoms with van der Waals surface area (Å²) in [5.74, 6) is -1.23. The quantitative estimate of drug-likeness (QED) is 0.107. The fourth-order valence-corrected chi connectivity index (χ4v) is 4.45. The SMILES string of the molecule is O=C([O-])/C(=C(\Cc1ccc([N+](=O)[O-])cc1)C(=O)c1ccc2c(c1)OCCO2)c1ccc2nsnc2c1.[Na+]. The normalized spacial score (nSPS) is 12.9. The summed E-state index contributed by atoms with van der Waals surface area (Å²) < 4.78 is 19.4. The number of nitro groups is 1. The fourth-order valence-electron chi connectivity index (χ4n) is 3.93. The number of carboxylic acids is 1. The third-order valence-electron chi connectivity index (χ3n) is 5.65. The Morgan fingerprint density at radius 2 is 1.57 bits per heavy atom. The van der Waals surface area contributed by atoms with Gasteiger partial charge in [0.25, 0.3) is 5.69 Å². The minimum atomic E-state index is -1.54. The van der Waals surface area contributed by atoms with Crippen LogP contribution >= 0.6 is 11.7 Å². The van der Waals surface area contributed by atoms with Crippen LogP contribution in [0.15, 0.2) is 66.2 Å². The summed E-state index contributed by atoms with van der Waals surface area (Å²) >= 11 is 0.986. The molecule has 4 aromatic rings. The Bertz CT molecular complexity index is 1550. The fraction of sp³-hybridized carbons (Fsp3) is 0.120. The van der Waals surface area contributed by atoms with E-state index in [0.29, 0.717) is 41.3 Å². The standard InChI is InChI=1S/C25H17N3O7S.Na/c29-24(16-4-8-21-22(13-16)35-10-9-34-21)18(11-14-1-5-17(6-2-14)28(32)33)23(25(30)31)15-3-7-19-20(12-15)27-36-26-19;/h1-8,12-13H,9-11H2,(H,30,31);/q;+1/p-1/b23-18+;. The molecular formula is C25H16N3NaO7S. The molecule has 0 aliphatic carbocycles. The molecule has 0 unspecified atom stereocenters. The predicted molar refractivity (Wildman–Crippen MR) is 128 cm³/mol. The van der Waals surface area contributed by atoms with E-state index in [1.165, 1.54) is 42.5 Å². The molecule has 0 bridgehead atoms. The zero-order valence-corrected chi connectivity index (χ0v) is 22.3. The third kappa shape index (κ3) is 5.54. The van der Waals surface area contributed by atoms with E-state index in [2.05, 4.69) is 8.75 Å². The molecule has 0 radical (unpaired) electrons. The molecule has 0 atom stereocenters. The summed E-state index contributed by atoms with van der Waals surface area (Å²) in [5, 5.41) is 23.5. The maximum atomic E-state index is 13.8. The number of rotatable bonds is 7. The van der Waals surface area contributed by atoms with Crippen molar-refractivity contribution < 1.29 is 58.6 Å². The number of Topliss-reactive ketones (excluding diaryl/α,β-unsaturated/α-hetero) is 1. The first-order valence-electron chi connectivity index (χ1n) is 10.8. The van der Waals surface area contributed by atoms with Crippen molar-refractivity contribution in [2.45, 2.75) is 6.42 Å². The van der Waals surface area contributed by atoms with E-state index in [-0.39, 0.29) is 63.9 Å². The number of aromatic nitrogens is 2. The van der Waals surface area contributed by atoms with Gasteiger partial charge in [-0.3, -0.25) is 14.9 Å². The molecule has 5 rings (SSSR count). The van der Waals surface area contributed by atoms with Crippen molar-refractivity contribution >= 4 is 45.8 Å². The van der Waals surface area contributed by atoms with E-state index in [9.17, 15) is 24.8 Å². The Morgan fingerprint density at radius 3 is 2.27 bits per heavy atom. The van der Waals surface area contributed by atoms with E-state index >= 15 is 0 Å². The van der Waals surface area contributed by atoms with Crippen LogP contribution in [0.4, 0.5) is 5.69 Å². The number of fused-ring (bicyclic) bond motifs is 2. The molecule has 1 aliphatic heterocycles. The number of aliphatic carboxylic acids is 1. The number of benzene rings is 3. The first-order chi connectivity index (χ1) is 17.4. The van der Waals surface area contributed by atoms with Gasteiger partial charge in [0.05, 0.1) is 22.6 Å². The van der Waals surface area contributed by atoms with Crippen LogP contribution in [0, 0.1) is 10.1 Å². The van der Waals surface area contributed by atoms with Crippen LogP contribution < -0.4 is 44.1 Å².